The first-order valence-electron chi connectivity index (χ1n) is 3.85. The topological polar surface area (TPSA) is 12.0 Å². The Morgan fingerprint density at radius 2 is 2.00 bits per heavy atom. The van der Waals surface area contributed by atoms with E-state index < -0.39 is 12.7 Å². The van der Waals surface area contributed by atoms with Crippen molar-refractivity contribution in [3.8, 4) is 0 Å². The highest BCUT2D eigenvalue weighted by molar-refractivity contribution is 9.09. The molecule has 1 unspecified atom stereocenters. The molecule has 12 heavy (non-hydrogen) atoms. The Bertz CT molecular complexity index is 116. The second-order valence-corrected chi connectivity index (χ2v) is 3.37. The number of hydrogen-bond donors (Lipinski definition) is 1. The van der Waals surface area contributed by atoms with E-state index in [9.17, 15) is 13.2 Å². The van der Waals surface area contributed by atoms with E-state index in [4.69, 9.17) is 0 Å². The lowest BCUT2D eigenvalue weighted by Crippen LogP contribution is -2.36. The lowest BCUT2D eigenvalue weighted by atomic mass is 10.2. The summed E-state index contributed by atoms with van der Waals surface area (Å²) in [5.74, 6) is 0. The molecule has 0 aromatic carbocycles. The maximum atomic E-state index is 11.7. The van der Waals surface area contributed by atoms with Gasteiger partial charge in [-0.2, -0.15) is 13.2 Å². The van der Waals surface area contributed by atoms with Gasteiger partial charge in [0.05, 0.1) is 6.54 Å². The first kappa shape index (κ1) is 12.2. The monoisotopic (exact) mass is 247 g/mol. The Morgan fingerprint density at radius 3 is 2.33 bits per heavy atom. The highest BCUT2D eigenvalue weighted by Gasteiger charge is 2.27. The van der Waals surface area contributed by atoms with Crippen LogP contribution >= 0.6 is 15.9 Å². The van der Waals surface area contributed by atoms with Gasteiger partial charge in [-0.3, -0.25) is 0 Å². The summed E-state index contributed by atoms with van der Waals surface area (Å²) in [6, 6.07) is -0.0361. The summed E-state index contributed by atoms with van der Waals surface area (Å²) < 4.78 is 35.2. The third-order valence-electron chi connectivity index (χ3n) is 1.54. The highest BCUT2D eigenvalue weighted by atomic mass is 79.9. The molecular weight excluding hydrogens is 235 g/mol. The molecule has 0 aromatic heterocycles. The van der Waals surface area contributed by atoms with E-state index in [1.54, 1.807) is 0 Å². The van der Waals surface area contributed by atoms with Gasteiger partial charge in [-0.1, -0.05) is 22.9 Å². The maximum Gasteiger partial charge on any atom is 0.401 e. The lowest BCUT2D eigenvalue weighted by Gasteiger charge is -2.16. The molecule has 5 heteroatoms. The van der Waals surface area contributed by atoms with E-state index >= 15 is 0 Å². The van der Waals surface area contributed by atoms with Crippen LogP contribution in [0.25, 0.3) is 0 Å². The third kappa shape index (κ3) is 6.91. The molecular formula is C7H13BrF3N. The van der Waals surface area contributed by atoms with E-state index in [1.807, 2.05) is 6.92 Å². The van der Waals surface area contributed by atoms with Crippen molar-refractivity contribution in [2.75, 3.05) is 11.9 Å². The quantitative estimate of drug-likeness (QED) is 0.737. The Balaban J connectivity index is 3.58. The van der Waals surface area contributed by atoms with Gasteiger partial charge in [-0.15, -0.1) is 0 Å². The van der Waals surface area contributed by atoms with Gasteiger partial charge in [0.25, 0.3) is 0 Å². The van der Waals surface area contributed by atoms with Crippen LogP contribution in [-0.2, 0) is 0 Å². The summed E-state index contributed by atoms with van der Waals surface area (Å²) in [5, 5.41) is 3.19. The second kappa shape index (κ2) is 5.80. The lowest BCUT2D eigenvalue weighted by molar-refractivity contribution is -0.126. The smallest absolute Gasteiger partial charge is 0.306 e. The Kier molecular flexibility index (Phi) is 5.92. The molecule has 74 valence electrons. The largest absolute Gasteiger partial charge is 0.401 e. The van der Waals surface area contributed by atoms with E-state index in [-0.39, 0.29) is 6.04 Å². The van der Waals surface area contributed by atoms with Crippen LogP contribution in [0.15, 0.2) is 0 Å². The van der Waals surface area contributed by atoms with Gasteiger partial charge >= 0.3 is 6.18 Å². The molecule has 0 aromatic rings. The van der Waals surface area contributed by atoms with E-state index in [2.05, 4.69) is 21.2 Å². The van der Waals surface area contributed by atoms with Crippen molar-refractivity contribution < 1.29 is 13.2 Å². The zero-order valence-electron chi connectivity index (χ0n) is 6.92. The summed E-state index contributed by atoms with van der Waals surface area (Å²) in [5.41, 5.74) is 0. The molecule has 0 aliphatic heterocycles. The number of rotatable bonds is 5. The molecule has 1 N–H and O–H groups in total. The van der Waals surface area contributed by atoms with Gasteiger partial charge < -0.3 is 5.32 Å². The second-order valence-electron chi connectivity index (χ2n) is 2.58. The van der Waals surface area contributed by atoms with Gasteiger partial charge in [0.2, 0.25) is 0 Å². The van der Waals surface area contributed by atoms with Gasteiger partial charge in [0, 0.05) is 11.4 Å². The van der Waals surface area contributed by atoms with Crippen molar-refractivity contribution in [1.82, 2.24) is 5.32 Å². The van der Waals surface area contributed by atoms with Gasteiger partial charge in [0.15, 0.2) is 0 Å². The zero-order valence-corrected chi connectivity index (χ0v) is 8.50. The first-order valence-corrected chi connectivity index (χ1v) is 4.98. The van der Waals surface area contributed by atoms with Gasteiger partial charge in [-0.05, 0) is 12.8 Å². The van der Waals surface area contributed by atoms with Crippen LogP contribution < -0.4 is 5.32 Å². The fourth-order valence-electron chi connectivity index (χ4n) is 0.842. The summed E-state index contributed by atoms with van der Waals surface area (Å²) in [7, 11) is 0. The summed E-state index contributed by atoms with van der Waals surface area (Å²) in [6.07, 6.45) is -2.64. The van der Waals surface area contributed by atoms with Crippen LogP contribution in [-0.4, -0.2) is 24.1 Å². The van der Waals surface area contributed by atoms with Crippen LogP contribution in [0.5, 0.6) is 0 Å². The van der Waals surface area contributed by atoms with Crippen LogP contribution in [0, 0.1) is 0 Å². The van der Waals surface area contributed by atoms with Crippen LogP contribution in [0.1, 0.15) is 19.8 Å². The number of halogens is 4. The molecule has 0 heterocycles. The Labute approximate surface area is 78.8 Å². The minimum Gasteiger partial charge on any atom is -0.306 e. The predicted octanol–water partition coefficient (Wildman–Crippen LogP) is 2.70. The summed E-state index contributed by atoms with van der Waals surface area (Å²) in [6.45, 7) is 0.981. The van der Waals surface area contributed by atoms with Crippen molar-refractivity contribution in [2.45, 2.75) is 32.0 Å². The van der Waals surface area contributed by atoms with E-state index in [0.29, 0.717) is 0 Å². The molecule has 0 aliphatic carbocycles. The van der Waals surface area contributed by atoms with Crippen molar-refractivity contribution in [3.63, 3.8) is 0 Å². The van der Waals surface area contributed by atoms with Crippen molar-refractivity contribution in [3.05, 3.63) is 0 Å². The molecule has 0 radical (unpaired) electrons. The average Bonchev–Trinajstić information content (AvgIpc) is 1.96. The molecule has 0 bridgehead atoms. The van der Waals surface area contributed by atoms with Crippen LogP contribution in [0.3, 0.4) is 0 Å². The molecule has 0 spiro atoms. The highest BCUT2D eigenvalue weighted by Crippen LogP contribution is 2.13. The summed E-state index contributed by atoms with van der Waals surface area (Å²) in [4.78, 5) is 0. The average molecular weight is 248 g/mol. The normalized spacial score (nSPS) is 14.8. The van der Waals surface area contributed by atoms with Gasteiger partial charge in [0.1, 0.15) is 0 Å². The van der Waals surface area contributed by atoms with Crippen molar-refractivity contribution >= 4 is 15.9 Å². The fraction of sp³-hybridized carbons (Fsp3) is 1.00. The van der Waals surface area contributed by atoms with Crippen molar-refractivity contribution in [1.29, 1.82) is 0 Å². The minimum absolute atomic E-state index is 0.0361. The third-order valence-corrected chi connectivity index (χ3v) is 2.00. The van der Waals surface area contributed by atoms with E-state index in [0.717, 1.165) is 18.2 Å². The zero-order chi connectivity index (χ0) is 9.61. The standard InChI is InChI=1S/C7H13BrF3N/c1-2-6(3-4-8)12-5-7(9,10)11/h6,12H,2-5H2,1H3. The minimum atomic E-state index is -4.10. The molecule has 0 fully saturated rings. The molecule has 0 aliphatic rings. The van der Waals surface area contributed by atoms with Gasteiger partial charge in [-0.25, -0.2) is 0 Å². The molecule has 0 rings (SSSR count). The first-order chi connectivity index (χ1) is 5.49. The molecule has 0 saturated carbocycles. The Morgan fingerprint density at radius 1 is 1.42 bits per heavy atom. The SMILES string of the molecule is CCC(CCBr)NCC(F)(F)F. The maximum absolute atomic E-state index is 11.7. The molecule has 0 saturated heterocycles. The van der Waals surface area contributed by atoms with Crippen molar-refractivity contribution in [2.24, 2.45) is 0 Å². The fourth-order valence-corrected chi connectivity index (χ4v) is 1.39. The van der Waals surface area contributed by atoms with Crippen LogP contribution in [0.2, 0.25) is 0 Å². The molecule has 0 amide bonds. The number of hydrogen-bond acceptors (Lipinski definition) is 1. The number of alkyl halides is 4. The van der Waals surface area contributed by atoms with E-state index in [1.165, 1.54) is 0 Å². The van der Waals surface area contributed by atoms with Crippen LogP contribution in [0.4, 0.5) is 13.2 Å². The predicted molar refractivity (Wildman–Crippen MR) is 46.5 cm³/mol. The molecule has 1 nitrogen and oxygen atoms in total. The molecule has 1 atom stereocenters. The summed E-state index contributed by atoms with van der Waals surface area (Å²) >= 11 is 3.19. The number of nitrogens with one attached hydrogen (secondary N) is 1. The Hall–Kier alpha value is 0.230.